The molecule has 0 saturated heterocycles. The molecule has 0 aliphatic rings. The van der Waals surface area contributed by atoms with Gasteiger partial charge in [0.05, 0.1) is 16.1 Å². The Bertz CT molecular complexity index is 557. The van der Waals surface area contributed by atoms with Crippen LogP contribution in [0.25, 0.3) is 0 Å². The average molecular weight is 392 g/mol. The number of anilines is 1. The zero-order chi connectivity index (χ0) is 13.1. The van der Waals surface area contributed by atoms with E-state index in [0.717, 1.165) is 11.3 Å². The van der Waals surface area contributed by atoms with Crippen LogP contribution in [0.4, 0.5) is 5.69 Å². The lowest BCUT2D eigenvalue weighted by atomic mass is 10.1. The van der Waals surface area contributed by atoms with E-state index >= 15 is 0 Å². The first-order valence-corrected chi connectivity index (χ1v) is 7.37. The maximum absolute atomic E-state index is 6.21. The van der Waals surface area contributed by atoms with Crippen LogP contribution in [0.15, 0.2) is 42.5 Å². The van der Waals surface area contributed by atoms with Crippen molar-refractivity contribution in [2.24, 2.45) is 0 Å². The third-order valence-electron chi connectivity index (χ3n) is 2.66. The van der Waals surface area contributed by atoms with Crippen molar-refractivity contribution in [3.05, 3.63) is 61.6 Å². The molecule has 0 bridgehead atoms. The molecule has 0 radical (unpaired) electrons. The van der Waals surface area contributed by atoms with E-state index in [4.69, 9.17) is 23.2 Å². The predicted molar refractivity (Wildman–Crippen MR) is 87.7 cm³/mol. The summed E-state index contributed by atoms with van der Waals surface area (Å²) in [6.07, 6.45) is 0. The van der Waals surface area contributed by atoms with Gasteiger partial charge in [-0.2, -0.15) is 0 Å². The number of hydrogen-bond acceptors (Lipinski definition) is 1. The maximum atomic E-state index is 6.21. The van der Waals surface area contributed by atoms with Gasteiger partial charge in [0.25, 0.3) is 0 Å². The number of benzene rings is 2. The van der Waals surface area contributed by atoms with Gasteiger partial charge in [-0.25, -0.2) is 0 Å². The fourth-order valence-corrected chi connectivity index (χ4v) is 2.78. The van der Waals surface area contributed by atoms with Gasteiger partial charge in [-0.15, -0.1) is 0 Å². The Kier molecular flexibility index (Phi) is 4.76. The minimum atomic E-state index is 0.106. The Balaban J connectivity index is 2.22. The molecule has 4 heteroatoms. The molecule has 2 aromatic carbocycles. The summed E-state index contributed by atoms with van der Waals surface area (Å²) in [5, 5.41) is 4.62. The molecule has 0 aromatic heterocycles. The highest BCUT2D eigenvalue weighted by molar-refractivity contribution is 14.1. The van der Waals surface area contributed by atoms with Crippen molar-refractivity contribution in [1.29, 1.82) is 0 Å². The zero-order valence-electron chi connectivity index (χ0n) is 9.75. The molecule has 1 unspecified atom stereocenters. The lowest BCUT2D eigenvalue weighted by Crippen LogP contribution is -2.07. The van der Waals surface area contributed by atoms with E-state index in [0.29, 0.717) is 10.0 Å². The van der Waals surface area contributed by atoms with Gasteiger partial charge in [0.15, 0.2) is 0 Å². The molecule has 1 N–H and O–H groups in total. The van der Waals surface area contributed by atoms with E-state index in [1.54, 1.807) is 6.07 Å². The van der Waals surface area contributed by atoms with E-state index in [2.05, 4.69) is 47.0 Å². The second kappa shape index (κ2) is 6.13. The van der Waals surface area contributed by atoms with E-state index in [9.17, 15) is 0 Å². The first-order valence-electron chi connectivity index (χ1n) is 5.54. The molecule has 0 fully saturated rings. The Labute approximate surface area is 131 Å². The smallest absolute Gasteiger partial charge is 0.0644 e. The SMILES string of the molecule is CC(Nc1cccc(I)c1)c1cccc(Cl)c1Cl. The number of nitrogens with one attached hydrogen (secondary N) is 1. The lowest BCUT2D eigenvalue weighted by molar-refractivity contribution is 0.885. The Morgan fingerprint density at radius 1 is 1.11 bits per heavy atom. The highest BCUT2D eigenvalue weighted by Crippen LogP contribution is 2.31. The molecule has 0 aliphatic heterocycles. The molecule has 0 aliphatic carbocycles. The van der Waals surface area contributed by atoms with Crippen LogP contribution in [-0.2, 0) is 0 Å². The first-order chi connectivity index (χ1) is 8.58. The molecule has 2 rings (SSSR count). The third kappa shape index (κ3) is 3.31. The first kappa shape index (κ1) is 14.0. The van der Waals surface area contributed by atoms with Crippen molar-refractivity contribution >= 4 is 51.5 Å². The van der Waals surface area contributed by atoms with Crippen LogP contribution in [-0.4, -0.2) is 0 Å². The lowest BCUT2D eigenvalue weighted by Gasteiger charge is -2.17. The van der Waals surface area contributed by atoms with Gasteiger partial charge in [-0.1, -0.05) is 41.4 Å². The van der Waals surface area contributed by atoms with Crippen LogP contribution in [0.1, 0.15) is 18.5 Å². The molecule has 2 aromatic rings. The molecule has 1 nitrogen and oxygen atoms in total. The molecular formula is C14H12Cl2IN. The monoisotopic (exact) mass is 391 g/mol. The molecule has 0 saturated carbocycles. The van der Waals surface area contributed by atoms with Crippen molar-refractivity contribution in [2.75, 3.05) is 5.32 Å². The van der Waals surface area contributed by atoms with Gasteiger partial charge < -0.3 is 5.32 Å². The van der Waals surface area contributed by atoms with Gasteiger partial charge in [-0.05, 0) is 59.3 Å². The normalized spacial score (nSPS) is 12.2. The molecule has 0 heterocycles. The summed E-state index contributed by atoms with van der Waals surface area (Å²) in [4.78, 5) is 0. The zero-order valence-corrected chi connectivity index (χ0v) is 13.4. The Morgan fingerprint density at radius 2 is 1.83 bits per heavy atom. The fourth-order valence-electron chi connectivity index (χ4n) is 1.76. The van der Waals surface area contributed by atoms with Crippen LogP contribution in [0.5, 0.6) is 0 Å². The summed E-state index contributed by atoms with van der Waals surface area (Å²) in [7, 11) is 0. The van der Waals surface area contributed by atoms with Crippen LogP contribution in [0.3, 0.4) is 0 Å². The quantitative estimate of drug-likeness (QED) is 0.654. The molecular weight excluding hydrogens is 380 g/mol. The van der Waals surface area contributed by atoms with Crippen LogP contribution in [0, 0.1) is 3.57 Å². The largest absolute Gasteiger partial charge is 0.378 e. The van der Waals surface area contributed by atoms with Crippen LogP contribution >= 0.6 is 45.8 Å². The second-order valence-electron chi connectivity index (χ2n) is 4.02. The number of halogens is 3. The minimum Gasteiger partial charge on any atom is -0.378 e. The van der Waals surface area contributed by atoms with Crippen molar-refractivity contribution < 1.29 is 0 Å². The van der Waals surface area contributed by atoms with Crippen molar-refractivity contribution in [2.45, 2.75) is 13.0 Å². The van der Waals surface area contributed by atoms with Crippen LogP contribution in [0.2, 0.25) is 10.0 Å². The number of hydrogen-bond donors (Lipinski definition) is 1. The topological polar surface area (TPSA) is 12.0 Å². The second-order valence-corrected chi connectivity index (χ2v) is 6.05. The molecule has 94 valence electrons. The van der Waals surface area contributed by atoms with Gasteiger partial charge in [0.2, 0.25) is 0 Å². The molecule has 18 heavy (non-hydrogen) atoms. The van der Waals surface area contributed by atoms with Crippen molar-refractivity contribution in [1.82, 2.24) is 0 Å². The summed E-state index contributed by atoms with van der Waals surface area (Å²) in [6, 6.07) is 14.0. The summed E-state index contributed by atoms with van der Waals surface area (Å²) < 4.78 is 1.20. The molecule has 1 atom stereocenters. The van der Waals surface area contributed by atoms with E-state index in [1.165, 1.54) is 3.57 Å². The van der Waals surface area contributed by atoms with E-state index in [1.807, 2.05) is 24.3 Å². The van der Waals surface area contributed by atoms with Crippen molar-refractivity contribution in [3.63, 3.8) is 0 Å². The molecule has 0 spiro atoms. The Hall–Kier alpha value is -0.450. The van der Waals surface area contributed by atoms with Gasteiger partial charge >= 0.3 is 0 Å². The summed E-state index contributed by atoms with van der Waals surface area (Å²) in [5.74, 6) is 0. The van der Waals surface area contributed by atoms with Gasteiger partial charge in [0.1, 0.15) is 0 Å². The maximum Gasteiger partial charge on any atom is 0.0644 e. The fraction of sp³-hybridized carbons (Fsp3) is 0.143. The molecule has 0 amide bonds. The number of rotatable bonds is 3. The van der Waals surface area contributed by atoms with Crippen molar-refractivity contribution in [3.8, 4) is 0 Å². The van der Waals surface area contributed by atoms with Crippen LogP contribution < -0.4 is 5.32 Å². The average Bonchev–Trinajstić information content (AvgIpc) is 2.32. The summed E-state index contributed by atoms with van der Waals surface area (Å²) in [5.41, 5.74) is 2.08. The highest BCUT2D eigenvalue weighted by Gasteiger charge is 2.11. The Morgan fingerprint density at radius 3 is 2.56 bits per heavy atom. The van der Waals surface area contributed by atoms with E-state index in [-0.39, 0.29) is 6.04 Å². The summed E-state index contributed by atoms with van der Waals surface area (Å²) in [6.45, 7) is 2.07. The van der Waals surface area contributed by atoms with E-state index < -0.39 is 0 Å². The summed E-state index contributed by atoms with van der Waals surface area (Å²) >= 11 is 14.5. The minimum absolute atomic E-state index is 0.106. The standard InChI is InChI=1S/C14H12Cl2IN/c1-9(12-6-3-7-13(15)14(12)16)18-11-5-2-4-10(17)8-11/h2-9,18H,1H3. The van der Waals surface area contributed by atoms with Gasteiger partial charge in [-0.3, -0.25) is 0 Å². The predicted octanol–water partition coefficient (Wildman–Crippen LogP) is 5.77. The van der Waals surface area contributed by atoms with Gasteiger partial charge in [0, 0.05) is 9.26 Å². The highest BCUT2D eigenvalue weighted by atomic mass is 127. The third-order valence-corrected chi connectivity index (χ3v) is 4.16.